The molecule has 0 saturated carbocycles. The first kappa shape index (κ1) is 21.0. The molecule has 0 bridgehead atoms. The summed E-state index contributed by atoms with van der Waals surface area (Å²) in [6.07, 6.45) is 4.24. The Labute approximate surface area is 182 Å². The van der Waals surface area contributed by atoms with Crippen molar-refractivity contribution in [3.63, 3.8) is 0 Å². The minimum atomic E-state index is 0. The van der Waals surface area contributed by atoms with Gasteiger partial charge in [-0.1, -0.05) is 0 Å². The topological polar surface area (TPSA) is 97.8 Å². The fraction of sp³-hybridized carbons (Fsp3) is 0.722. The zero-order valence-corrected chi connectivity index (χ0v) is 19.2. The van der Waals surface area contributed by atoms with Crippen molar-refractivity contribution in [3.05, 3.63) is 23.3 Å². The quantitative estimate of drug-likeness (QED) is 0.378. The van der Waals surface area contributed by atoms with E-state index in [-0.39, 0.29) is 30.0 Å². The summed E-state index contributed by atoms with van der Waals surface area (Å²) in [5, 5.41) is 19.9. The first-order valence-corrected chi connectivity index (χ1v) is 9.99. The maximum Gasteiger partial charge on any atom is 0.191 e. The van der Waals surface area contributed by atoms with E-state index in [1.807, 2.05) is 18.5 Å². The van der Waals surface area contributed by atoms with Crippen LogP contribution in [0.2, 0.25) is 0 Å². The molecule has 0 spiro atoms. The second kappa shape index (κ2) is 9.19. The van der Waals surface area contributed by atoms with Crippen LogP contribution in [0.15, 0.2) is 4.99 Å². The Morgan fingerprint density at radius 3 is 2.93 bits per heavy atom. The molecule has 2 N–H and O–H groups in total. The standard InChI is InChI=1S/C18H29N9.HI/c1-4-19-18(22-15-6-5-9-27-17(15)21-12(2)25-27)20-10-14-7-8-16-24-23-13(3)26(16)11-14;/h14-15H,4-11H2,1-3H3,(H2,19,20,22);1H. The van der Waals surface area contributed by atoms with Gasteiger partial charge in [-0.05, 0) is 46.0 Å². The van der Waals surface area contributed by atoms with E-state index in [0.29, 0.717) is 5.92 Å². The van der Waals surface area contributed by atoms with Gasteiger partial charge in [0.25, 0.3) is 0 Å². The number of nitrogens with one attached hydrogen (secondary N) is 2. The Balaban J connectivity index is 0.00000225. The zero-order chi connectivity index (χ0) is 18.8. The number of fused-ring (bicyclic) bond motifs is 2. The molecule has 4 heterocycles. The lowest BCUT2D eigenvalue weighted by atomic mass is 9.99. The van der Waals surface area contributed by atoms with Crippen molar-refractivity contribution in [3.8, 4) is 0 Å². The summed E-state index contributed by atoms with van der Waals surface area (Å²) in [5.41, 5.74) is 0. The molecule has 10 heteroatoms. The number of halogens is 1. The maximum absolute atomic E-state index is 4.88. The molecule has 2 aromatic rings. The predicted octanol–water partition coefficient (Wildman–Crippen LogP) is 1.76. The Bertz CT molecular complexity index is 825. The van der Waals surface area contributed by atoms with E-state index in [1.54, 1.807) is 0 Å². The minimum absolute atomic E-state index is 0. The largest absolute Gasteiger partial charge is 0.357 e. The number of guanidine groups is 1. The number of hydrogen-bond acceptors (Lipinski definition) is 5. The summed E-state index contributed by atoms with van der Waals surface area (Å²) in [7, 11) is 0. The summed E-state index contributed by atoms with van der Waals surface area (Å²) < 4.78 is 4.26. The van der Waals surface area contributed by atoms with Crippen LogP contribution >= 0.6 is 24.0 Å². The second-order valence-corrected chi connectivity index (χ2v) is 7.48. The van der Waals surface area contributed by atoms with Crippen LogP contribution in [0.5, 0.6) is 0 Å². The average molecular weight is 499 g/mol. The molecular weight excluding hydrogens is 469 g/mol. The molecule has 2 unspecified atom stereocenters. The van der Waals surface area contributed by atoms with Crippen molar-refractivity contribution >= 4 is 29.9 Å². The van der Waals surface area contributed by atoms with E-state index in [1.165, 1.54) is 0 Å². The predicted molar refractivity (Wildman–Crippen MR) is 118 cm³/mol. The molecule has 0 aromatic carbocycles. The fourth-order valence-corrected chi connectivity index (χ4v) is 3.99. The van der Waals surface area contributed by atoms with Crippen LogP contribution in [0.25, 0.3) is 0 Å². The Hall–Kier alpha value is -1.72. The first-order valence-electron chi connectivity index (χ1n) is 9.99. The van der Waals surface area contributed by atoms with Crippen LogP contribution in [-0.2, 0) is 19.5 Å². The summed E-state index contributed by atoms with van der Waals surface area (Å²) in [4.78, 5) is 9.49. The van der Waals surface area contributed by atoms with Gasteiger partial charge in [0.15, 0.2) is 5.96 Å². The monoisotopic (exact) mass is 499 g/mol. The van der Waals surface area contributed by atoms with Crippen LogP contribution in [0, 0.1) is 19.8 Å². The SMILES string of the molecule is CCNC(=NCC1CCc2nnc(C)n2C1)NC1CCCn2nc(C)nc21.I. The summed E-state index contributed by atoms with van der Waals surface area (Å²) in [6, 6.07) is 0.163. The number of aromatic nitrogens is 6. The molecule has 154 valence electrons. The number of aliphatic imine (C=N–C) groups is 1. The number of aryl methyl sites for hydroxylation is 4. The van der Waals surface area contributed by atoms with Gasteiger partial charge in [0.2, 0.25) is 0 Å². The highest BCUT2D eigenvalue weighted by Crippen LogP contribution is 2.23. The lowest BCUT2D eigenvalue weighted by molar-refractivity contribution is 0.368. The van der Waals surface area contributed by atoms with Crippen molar-refractivity contribution in [1.29, 1.82) is 0 Å². The highest BCUT2D eigenvalue weighted by Gasteiger charge is 2.25. The molecule has 2 atom stereocenters. The molecule has 2 aliphatic heterocycles. The number of nitrogens with zero attached hydrogens (tertiary/aromatic N) is 7. The van der Waals surface area contributed by atoms with Gasteiger partial charge in [0, 0.05) is 32.6 Å². The van der Waals surface area contributed by atoms with Gasteiger partial charge in [-0.25, -0.2) is 9.67 Å². The average Bonchev–Trinajstić information content (AvgIpc) is 3.22. The molecular formula is C18H30IN9. The molecule has 0 saturated heterocycles. The van der Waals surface area contributed by atoms with E-state index in [4.69, 9.17) is 4.99 Å². The summed E-state index contributed by atoms with van der Waals surface area (Å²) in [5.74, 6) is 5.34. The van der Waals surface area contributed by atoms with Crippen LogP contribution in [0.1, 0.15) is 55.5 Å². The lowest BCUT2D eigenvalue weighted by Crippen LogP contribution is -2.42. The highest BCUT2D eigenvalue weighted by atomic mass is 127. The van der Waals surface area contributed by atoms with Gasteiger partial charge in [-0.3, -0.25) is 4.99 Å². The van der Waals surface area contributed by atoms with Gasteiger partial charge in [0.1, 0.15) is 23.3 Å². The summed E-state index contributed by atoms with van der Waals surface area (Å²) in [6.45, 7) is 9.60. The molecule has 2 aliphatic rings. The van der Waals surface area contributed by atoms with E-state index < -0.39 is 0 Å². The zero-order valence-electron chi connectivity index (χ0n) is 16.9. The molecule has 4 rings (SSSR count). The number of rotatable bonds is 4. The van der Waals surface area contributed by atoms with Crippen LogP contribution in [0.3, 0.4) is 0 Å². The van der Waals surface area contributed by atoms with Gasteiger partial charge < -0.3 is 15.2 Å². The highest BCUT2D eigenvalue weighted by molar-refractivity contribution is 14.0. The summed E-state index contributed by atoms with van der Waals surface area (Å²) >= 11 is 0. The normalized spacial score (nSPS) is 21.5. The van der Waals surface area contributed by atoms with Crippen LogP contribution < -0.4 is 10.6 Å². The Kier molecular flexibility index (Phi) is 6.89. The van der Waals surface area contributed by atoms with E-state index in [0.717, 1.165) is 81.1 Å². The van der Waals surface area contributed by atoms with Gasteiger partial charge in [-0.2, -0.15) is 5.10 Å². The van der Waals surface area contributed by atoms with E-state index in [9.17, 15) is 0 Å². The molecule has 0 radical (unpaired) electrons. The Morgan fingerprint density at radius 2 is 2.11 bits per heavy atom. The first-order chi connectivity index (χ1) is 13.1. The van der Waals surface area contributed by atoms with E-state index >= 15 is 0 Å². The smallest absolute Gasteiger partial charge is 0.191 e. The molecule has 0 fully saturated rings. The van der Waals surface area contributed by atoms with E-state index in [2.05, 4.69) is 42.4 Å². The van der Waals surface area contributed by atoms with Crippen molar-refractivity contribution in [2.75, 3.05) is 13.1 Å². The lowest BCUT2D eigenvalue weighted by Gasteiger charge is -2.26. The fourth-order valence-electron chi connectivity index (χ4n) is 3.99. The van der Waals surface area contributed by atoms with Crippen molar-refractivity contribution < 1.29 is 0 Å². The van der Waals surface area contributed by atoms with Crippen molar-refractivity contribution in [1.82, 2.24) is 40.2 Å². The Morgan fingerprint density at radius 1 is 1.25 bits per heavy atom. The second-order valence-electron chi connectivity index (χ2n) is 7.48. The van der Waals surface area contributed by atoms with Crippen LogP contribution in [0.4, 0.5) is 0 Å². The van der Waals surface area contributed by atoms with Crippen molar-refractivity contribution in [2.45, 2.75) is 65.6 Å². The minimum Gasteiger partial charge on any atom is -0.357 e. The van der Waals surface area contributed by atoms with Crippen LogP contribution in [-0.4, -0.2) is 48.6 Å². The molecule has 9 nitrogen and oxygen atoms in total. The van der Waals surface area contributed by atoms with Gasteiger partial charge >= 0.3 is 0 Å². The number of hydrogen-bond donors (Lipinski definition) is 2. The van der Waals surface area contributed by atoms with Gasteiger partial charge in [0.05, 0.1) is 6.04 Å². The third-order valence-electron chi connectivity index (χ3n) is 5.37. The molecule has 28 heavy (non-hydrogen) atoms. The molecule has 0 amide bonds. The van der Waals surface area contributed by atoms with Gasteiger partial charge in [-0.15, -0.1) is 34.2 Å². The molecule has 2 aromatic heterocycles. The van der Waals surface area contributed by atoms with Crippen molar-refractivity contribution in [2.24, 2.45) is 10.9 Å². The third kappa shape index (κ3) is 4.47. The third-order valence-corrected chi connectivity index (χ3v) is 5.37. The molecule has 0 aliphatic carbocycles. The maximum atomic E-state index is 4.88.